The molecular formula is C51H31N3S2. The first kappa shape index (κ1) is 26.9. The average Bonchev–Trinajstić information content (AvgIpc) is 3.91. The fraction of sp³-hybridized carbons (Fsp3) is 0. The first-order chi connectivity index (χ1) is 30.2. The molecule has 262 valence electrons. The Balaban J connectivity index is 1.15. The van der Waals surface area contributed by atoms with Crippen molar-refractivity contribution >= 4 is 63.0 Å². The summed E-state index contributed by atoms with van der Waals surface area (Å²) in [4.78, 5) is 15.0. The SMILES string of the molecule is [2H]c1c([2H])c(-c2cccc(-c3ccccc3)c2)c2c(sc3c([2H])c(-c4nc(-c5ccc(-c6ccccc6)cc5)nc(-c5cccc6c5sc5ccccc56)n4)c([2H])c([2H])c32)c1[2H]. The van der Waals surface area contributed by atoms with E-state index in [0.29, 0.717) is 42.9 Å². The fourth-order valence-electron chi connectivity index (χ4n) is 7.36. The van der Waals surface area contributed by atoms with Crippen LogP contribution in [0.25, 0.3) is 108 Å². The van der Waals surface area contributed by atoms with Crippen LogP contribution in [0.1, 0.15) is 8.22 Å². The van der Waals surface area contributed by atoms with E-state index < -0.39 is 0 Å². The predicted octanol–water partition coefficient (Wildman–Crippen LogP) is 14.6. The summed E-state index contributed by atoms with van der Waals surface area (Å²) in [6.45, 7) is 0. The normalized spacial score (nSPS) is 13.1. The van der Waals surface area contributed by atoms with Gasteiger partial charge in [-0.15, -0.1) is 22.7 Å². The first-order valence-corrected chi connectivity index (χ1v) is 19.8. The number of fused-ring (bicyclic) bond motifs is 6. The van der Waals surface area contributed by atoms with Gasteiger partial charge in [0.25, 0.3) is 0 Å². The molecule has 8 aromatic carbocycles. The van der Waals surface area contributed by atoms with Crippen molar-refractivity contribution in [2.45, 2.75) is 0 Å². The van der Waals surface area contributed by atoms with Gasteiger partial charge in [0.15, 0.2) is 17.5 Å². The van der Waals surface area contributed by atoms with Gasteiger partial charge in [0, 0.05) is 57.0 Å². The summed E-state index contributed by atoms with van der Waals surface area (Å²) in [6.07, 6.45) is 0. The van der Waals surface area contributed by atoms with E-state index in [9.17, 15) is 5.48 Å². The second-order valence-electron chi connectivity index (χ2n) is 13.5. The van der Waals surface area contributed by atoms with Crippen LogP contribution < -0.4 is 0 Å². The van der Waals surface area contributed by atoms with Gasteiger partial charge in [-0.3, -0.25) is 0 Å². The molecule has 3 nitrogen and oxygen atoms in total. The van der Waals surface area contributed by atoms with Crippen LogP contribution in [-0.4, -0.2) is 15.0 Å². The van der Waals surface area contributed by atoms with Crippen LogP contribution in [0.4, 0.5) is 0 Å². The minimum atomic E-state index is -0.248. The van der Waals surface area contributed by atoms with Crippen molar-refractivity contribution < 1.29 is 8.22 Å². The lowest BCUT2D eigenvalue weighted by Crippen LogP contribution is -2.00. The van der Waals surface area contributed by atoms with E-state index in [0.717, 1.165) is 64.9 Å². The third kappa shape index (κ3) is 5.68. The summed E-state index contributed by atoms with van der Waals surface area (Å²) in [7, 11) is 0. The molecule has 0 spiro atoms. The van der Waals surface area contributed by atoms with Crippen molar-refractivity contribution in [1.29, 1.82) is 0 Å². The van der Waals surface area contributed by atoms with Crippen LogP contribution >= 0.6 is 22.7 Å². The molecule has 3 heterocycles. The van der Waals surface area contributed by atoms with Crippen LogP contribution in [0.15, 0.2) is 188 Å². The molecule has 3 aromatic heterocycles. The highest BCUT2D eigenvalue weighted by Gasteiger charge is 2.18. The van der Waals surface area contributed by atoms with Crippen molar-refractivity contribution in [2.75, 3.05) is 0 Å². The summed E-state index contributed by atoms with van der Waals surface area (Å²) >= 11 is 2.78. The third-order valence-corrected chi connectivity index (χ3v) is 12.3. The Labute approximate surface area is 340 Å². The topological polar surface area (TPSA) is 38.7 Å². The molecule has 0 radical (unpaired) electrons. The van der Waals surface area contributed by atoms with Crippen LogP contribution in [0, 0.1) is 0 Å². The van der Waals surface area contributed by atoms with Crippen molar-refractivity contribution in [1.82, 2.24) is 15.0 Å². The Bertz CT molecular complexity index is 3590. The molecule has 0 saturated carbocycles. The van der Waals surface area contributed by atoms with Crippen molar-refractivity contribution in [3.8, 4) is 67.5 Å². The number of aromatic nitrogens is 3. The molecule has 0 amide bonds. The standard InChI is InChI=1S/C51H31N3S2/c1-3-12-32(13-4-1)34-24-26-35(27-25-34)49-52-50(54-51(53-49)43-21-10-20-41-40-18-7-8-22-44(40)56-48(41)43)38-28-29-42-46(31-38)55-45-23-11-19-39(47(42)45)37-17-9-16-36(30-37)33-14-5-2-6-15-33/h1-31H/i11D,19D,23D,28D,29D,31D. The van der Waals surface area contributed by atoms with E-state index in [1.807, 2.05) is 121 Å². The predicted molar refractivity (Wildman–Crippen MR) is 238 cm³/mol. The molecule has 0 aliphatic carbocycles. The first-order valence-electron chi connectivity index (χ1n) is 21.2. The second kappa shape index (κ2) is 13.5. The van der Waals surface area contributed by atoms with Gasteiger partial charge < -0.3 is 0 Å². The number of hydrogen-bond donors (Lipinski definition) is 0. The summed E-state index contributed by atoms with van der Waals surface area (Å²) in [5, 5.41) is 2.92. The Morgan fingerprint density at radius 1 is 0.375 bits per heavy atom. The smallest absolute Gasteiger partial charge is 0.165 e. The van der Waals surface area contributed by atoms with Gasteiger partial charge in [-0.05, 0) is 63.7 Å². The number of thiophene rings is 2. The van der Waals surface area contributed by atoms with Gasteiger partial charge in [0.05, 0.1) is 8.22 Å². The Hall–Kier alpha value is -6.79. The number of benzene rings is 8. The number of nitrogens with zero attached hydrogens (tertiary/aromatic N) is 3. The van der Waals surface area contributed by atoms with Gasteiger partial charge in [-0.1, -0.05) is 158 Å². The summed E-state index contributed by atoms with van der Waals surface area (Å²) in [5.74, 6) is 0.821. The van der Waals surface area contributed by atoms with E-state index in [4.69, 9.17) is 17.7 Å². The molecule has 0 N–H and O–H groups in total. The minimum absolute atomic E-state index is 0.0637. The quantitative estimate of drug-likeness (QED) is 0.170. The largest absolute Gasteiger partial charge is 0.208 e. The molecule has 11 aromatic rings. The van der Waals surface area contributed by atoms with Gasteiger partial charge >= 0.3 is 0 Å². The molecule has 5 heteroatoms. The van der Waals surface area contributed by atoms with E-state index in [1.54, 1.807) is 11.3 Å². The van der Waals surface area contributed by atoms with Crippen LogP contribution in [0.5, 0.6) is 0 Å². The molecule has 0 aliphatic rings. The maximum Gasteiger partial charge on any atom is 0.165 e. The van der Waals surface area contributed by atoms with E-state index in [-0.39, 0.29) is 47.6 Å². The molecule has 11 rings (SSSR count). The van der Waals surface area contributed by atoms with E-state index in [1.165, 1.54) is 0 Å². The zero-order valence-electron chi connectivity index (χ0n) is 35.6. The zero-order chi connectivity index (χ0) is 42.2. The Kier molecular flexibility index (Phi) is 6.48. The van der Waals surface area contributed by atoms with Crippen molar-refractivity contribution in [3.63, 3.8) is 0 Å². The summed E-state index contributed by atoms with van der Waals surface area (Å²) in [5.41, 5.74) is 6.61. The van der Waals surface area contributed by atoms with Gasteiger partial charge in [0.2, 0.25) is 0 Å². The van der Waals surface area contributed by atoms with Crippen LogP contribution in [0.2, 0.25) is 0 Å². The van der Waals surface area contributed by atoms with Gasteiger partial charge in [-0.25, -0.2) is 15.0 Å². The third-order valence-electron chi connectivity index (χ3n) is 10.1. The summed E-state index contributed by atoms with van der Waals surface area (Å²) < 4.78 is 58.9. The molecular weight excluding hydrogens is 719 g/mol. The molecule has 56 heavy (non-hydrogen) atoms. The fourth-order valence-corrected chi connectivity index (χ4v) is 9.60. The van der Waals surface area contributed by atoms with E-state index >= 15 is 0 Å². The van der Waals surface area contributed by atoms with Crippen molar-refractivity contribution in [2.24, 2.45) is 0 Å². The average molecular weight is 756 g/mol. The highest BCUT2D eigenvalue weighted by Crippen LogP contribution is 2.43. The molecule has 0 unspecified atom stereocenters. The Morgan fingerprint density at radius 2 is 1.00 bits per heavy atom. The van der Waals surface area contributed by atoms with Crippen LogP contribution in [-0.2, 0) is 0 Å². The lowest BCUT2D eigenvalue weighted by atomic mass is 9.96. The minimum Gasteiger partial charge on any atom is -0.208 e. The zero-order valence-corrected chi connectivity index (χ0v) is 31.2. The van der Waals surface area contributed by atoms with Gasteiger partial charge in [0.1, 0.15) is 0 Å². The molecule has 0 fully saturated rings. The lowest BCUT2D eigenvalue weighted by Gasteiger charge is -2.10. The summed E-state index contributed by atoms with van der Waals surface area (Å²) in [6, 6.07) is 48.9. The second-order valence-corrected chi connectivity index (χ2v) is 15.6. The van der Waals surface area contributed by atoms with Crippen LogP contribution in [0.3, 0.4) is 0 Å². The molecule has 0 aliphatic heterocycles. The molecule has 0 bridgehead atoms. The molecule has 0 saturated heterocycles. The number of hydrogen-bond acceptors (Lipinski definition) is 5. The van der Waals surface area contributed by atoms with Gasteiger partial charge in [-0.2, -0.15) is 0 Å². The van der Waals surface area contributed by atoms with Crippen molar-refractivity contribution in [3.05, 3.63) is 188 Å². The maximum atomic E-state index is 9.78. The highest BCUT2D eigenvalue weighted by molar-refractivity contribution is 7.26. The Morgan fingerprint density at radius 3 is 1.82 bits per heavy atom. The highest BCUT2D eigenvalue weighted by atomic mass is 32.1. The number of rotatable bonds is 6. The molecule has 0 atom stereocenters. The monoisotopic (exact) mass is 755 g/mol. The maximum absolute atomic E-state index is 9.78. The lowest BCUT2D eigenvalue weighted by molar-refractivity contribution is 1.08. The van der Waals surface area contributed by atoms with E-state index in [2.05, 4.69) is 30.3 Å².